The predicted molar refractivity (Wildman–Crippen MR) is 71.4 cm³/mol. The van der Waals surface area contributed by atoms with Crippen molar-refractivity contribution in [2.24, 2.45) is 0 Å². The fourth-order valence-electron chi connectivity index (χ4n) is 2.04. The summed E-state index contributed by atoms with van der Waals surface area (Å²) in [6, 6.07) is 0. The summed E-state index contributed by atoms with van der Waals surface area (Å²) in [5.74, 6) is 0. The largest absolute Gasteiger partial charge is 0.394 e. The number of nitrogens with one attached hydrogen (secondary N) is 1. The molecule has 1 aromatic heterocycles. The van der Waals surface area contributed by atoms with Crippen molar-refractivity contribution < 1.29 is 14.9 Å². The lowest BCUT2D eigenvalue weighted by Crippen LogP contribution is -2.24. The van der Waals surface area contributed by atoms with Crippen molar-refractivity contribution in [1.82, 2.24) is 9.55 Å². The minimum Gasteiger partial charge on any atom is -0.394 e. The molecule has 100 valence electrons. The molecule has 3 N–H and O–H groups in total. The van der Waals surface area contributed by atoms with Crippen LogP contribution in [0.2, 0.25) is 0 Å². The van der Waals surface area contributed by atoms with E-state index in [1.165, 1.54) is 0 Å². The summed E-state index contributed by atoms with van der Waals surface area (Å²) in [7, 11) is 0. The number of H-pyrrole nitrogens is 1. The van der Waals surface area contributed by atoms with Gasteiger partial charge in [-0.25, -0.2) is 0 Å². The van der Waals surface area contributed by atoms with Gasteiger partial charge in [0.15, 0.2) is 4.77 Å². The Kier molecular flexibility index (Phi) is 4.29. The normalized spacial score (nSPS) is 27.6. The Morgan fingerprint density at radius 1 is 1.56 bits per heavy atom. The molecule has 0 saturated carbocycles. The number of aliphatic hydroxyl groups is 2. The van der Waals surface area contributed by atoms with Gasteiger partial charge in [-0.1, -0.05) is 19.1 Å². The van der Waals surface area contributed by atoms with Crippen molar-refractivity contribution in [3.63, 3.8) is 0 Å². The molecule has 1 aliphatic rings. The van der Waals surface area contributed by atoms with E-state index in [4.69, 9.17) is 34.3 Å². The molecule has 1 fully saturated rings. The summed E-state index contributed by atoms with van der Waals surface area (Å²) in [6.45, 7) is 1.81. The zero-order valence-corrected chi connectivity index (χ0v) is 11.6. The average Bonchev–Trinajstić information content (AvgIpc) is 2.70. The summed E-state index contributed by atoms with van der Waals surface area (Å²) in [5.41, 5.74) is 0.976. The Hall–Kier alpha value is -0.600. The number of rotatable bonds is 3. The van der Waals surface area contributed by atoms with E-state index in [1.807, 2.05) is 13.1 Å². The van der Waals surface area contributed by atoms with Crippen molar-refractivity contribution in [3.8, 4) is 0 Å². The molecular formula is C11H16N2O3S2. The van der Waals surface area contributed by atoms with Gasteiger partial charge in [-0.2, -0.15) is 0 Å². The van der Waals surface area contributed by atoms with Crippen LogP contribution in [0.15, 0.2) is 6.20 Å². The maximum atomic E-state index is 9.73. The van der Waals surface area contributed by atoms with Crippen LogP contribution in [0.3, 0.4) is 0 Å². The van der Waals surface area contributed by atoms with E-state index in [9.17, 15) is 5.11 Å². The lowest BCUT2D eigenvalue weighted by molar-refractivity contribution is -0.0453. The second-order valence-electron chi connectivity index (χ2n) is 4.29. The third kappa shape index (κ3) is 2.55. The number of aryl methyl sites for hydroxylation is 1. The van der Waals surface area contributed by atoms with Crippen LogP contribution in [0.1, 0.15) is 25.1 Å². The fraction of sp³-hybridized carbons (Fsp3) is 0.636. The second-order valence-corrected chi connectivity index (χ2v) is 5.08. The average molecular weight is 288 g/mol. The third-order valence-corrected chi connectivity index (χ3v) is 3.79. The number of aliphatic hydroxyl groups excluding tert-OH is 2. The molecule has 0 radical (unpaired) electrons. The van der Waals surface area contributed by atoms with Crippen LogP contribution in [0.25, 0.3) is 0 Å². The van der Waals surface area contributed by atoms with Crippen LogP contribution < -0.4 is 0 Å². The van der Waals surface area contributed by atoms with Crippen LogP contribution in [0.5, 0.6) is 0 Å². The minimum atomic E-state index is -0.671. The van der Waals surface area contributed by atoms with Crippen molar-refractivity contribution in [2.45, 2.75) is 38.2 Å². The van der Waals surface area contributed by atoms with Crippen LogP contribution in [-0.4, -0.2) is 38.6 Å². The van der Waals surface area contributed by atoms with Crippen LogP contribution in [-0.2, 0) is 11.2 Å². The first-order valence-electron chi connectivity index (χ1n) is 5.85. The van der Waals surface area contributed by atoms with Gasteiger partial charge in [0, 0.05) is 18.2 Å². The highest BCUT2D eigenvalue weighted by Gasteiger charge is 2.34. The van der Waals surface area contributed by atoms with E-state index < -0.39 is 12.2 Å². The fourth-order valence-corrected chi connectivity index (χ4v) is 2.67. The maximum absolute atomic E-state index is 9.73. The molecule has 2 heterocycles. The van der Waals surface area contributed by atoms with Gasteiger partial charge in [0.2, 0.25) is 0 Å². The number of aromatic nitrogens is 2. The highest BCUT2D eigenvalue weighted by molar-refractivity contribution is 7.72. The van der Waals surface area contributed by atoms with Gasteiger partial charge in [-0.05, 0) is 18.6 Å². The molecule has 7 heteroatoms. The first kappa shape index (κ1) is 13.8. The van der Waals surface area contributed by atoms with E-state index in [-0.39, 0.29) is 12.8 Å². The van der Waals surface area contributed by atoms with Gasteiger partial charge in [0.25, 0.3) is 0 Å². The van der Waals surface area contributed by atoms with E-state index >= 15 is 0 Å². The second kappa shape index (κ2) is 5.58. The Bertz CT molecular complexity index is 540. The number of hydrogen-bond donors (Lipinski definition) is 3. The number of hydrogen-bond acceptors (Lipinski definition) is 5. The minimum absolute atomic E-state index is 0.200. The standard InChI is InChI=1S/C11H16N2O3S2/c1-2-6-4-13(11(18)12-10(6)17)9-3-7(15)8(5-14)16-9/h4,7-9,14-15H,2-3,5H2,1H3,(H,12,17,18)/t7-,8+,9+/m0/s1. The number of aromatic amines is 1. The van der Waals surface area contributed by atoms with E-state index in [0.29, 0.717) is 15.8 Å². The summed E-state index contributed by atoms with van der Waals surface area (Å²) in [4.78, 5) is 2.95. The Morgan fingerprint density at radius 2 is 2.28 bits per heavy atom. The molecule has 3 atom stereocenters. The number of ether oxygens (including phenoxy) is 1. The lowest BCUT2D eigenvalue weighted by atomic mass is 10.2. The van der Waals surface area contributed by atoms with Gasteiger partial charge >= 0.3 is 0 Å². The van der Waals surface area contributed by atoms with Gasteiger partial charge < -0.3 is 19.9 Å². The topological polar surface area (TPSA) is 70.4 Å². The van der Waals surface area contributed by atoms with E-state index in [2.05, 4.69) is 4.98 Å². The zero-order chi connectivity index (χ0) is 13.3. The predicted octanol–water partition coefficient (Wildman–Crippen LogP) is 1.48. The van der Waals surface area contributed by atoms with E-state index in [1.54, 1.807) is 4.57 Å². The molecule has 1 aromatic rings. The highest BCUT2D eigenvalue weighted by atomic mass is 32.1. The molecular weight excluding hydrogens is 272 g/mol. The molecule has 0 aliphatic carbocycles. The van der Waals surface area contributed by atoms with Crippen LogP contribution >= 0.6 is 24.4 Å². The molecule has 1 saturated heterocycles. The molecule has 0 spiro atoms. The molecule has 1 aliphatic heterocycles. The van der Waals surface area contributed by atoms with Gasteiger partial charge in [-0.3, -0.25) is 4.57 Å². The smallest absolute Gasteiger partial charge is 0.180 e. The maximum Gasteiger partial charge on any atom is 0.180 e. The molecule has 5 nitrogen and oxygen atoms in total. The third-order valence-electron chi connectivity index (χ3n) is 3.12. The van der Waals surface area contributed by atoms with Crippen LogP contribution in [0, 0.1) is 9.41 Å². The summed E-state index contributed by atoms with van der Waals surface area (Å²) in [5, 5.41) is 18.8. The molecule has 0 aromatic carbocycles. The van der Waals surface area contributed by atoms with Gasteiger partial charge in [0.05, 0.1) is 12.7 Å². The molecule has 0 bridgehead atoms. The van der Waals surface area contributed by atoms with Crippen molar-refractivity contribution >= 4 is 24.4 Å². The first-order valence-corrected chi connectivity index (χ1v) is 6.67. The monoisotopic (exact) mass is 288 g/mol. The summed E-state index contributed by atoms with van der Waals surface area (Å²) in [6.07, 6.45) is 1.48. The first-order chi connectivity index (χ1) is 8.56. The van der Waals surface area contributed by atoms with E-state index in [0.717, 1.165) is 12.0 Å². The highest BCUT2D eigenvalue weighted by Crippen LogP contribution is 2.28. The summed E-state index contributed by atoms with van der Waals surface area (Å²) < 4.78 is 8.43. The molecule has 18 heavy (non-hydrogen) atoms. The Labute approximate surface area is 115 Å². The SMILES string of the molecule is CCc1cn([C@H]2C[C@H](O)[C@@H](CO)O2)c(=S)[nH]c1=S. The van der Waals surface area contributed by atoms with Crippen molar-refractivity contribution in [3.05, 3.63) is 21.2 Å². The molecule has 2 rings (SSSR count). The molecule has 0 unspecified atom stereocenters. The zero-order valence-electron chi connectivity index (χ0n) is 10.00. The van der Waals surface area contributed by atoms with Gasteiger partial charge in [-0.15, -0.1) is 0 Å². The molecule has 0 amide bonds. The summed E-state index contributed by atoms with van der Waals surface area (Å²) >= 11 is 10.4. The Morgan fingerprint density at radius 3 is 2.83 bits per heavy atom. The number of nitrogens with zero attached hydrogens (tertiary/aromatic N) is 1. The Balaban J connectivity index is 2.35. The van der Waals surface area contributed by atoms with Crippen LogP contribution in [0.4, 0.5) is 0 Å². The van der Waals surface area contributed by atoms with Crippen molar-refractivity contribution in [1.29, 1.82) is 0 Å². The van der Waals surface area contributed by atoms with Gasteiger partial charge in [0.1, 0.15) is 17.0 Å². The quantitative estimate of drug-likeness (QED) is 0.735. The van der Waals surface area contributed by atoms with Crippen molar-refractivity contribution in [2.75, 3.05) is 6.61 Å². The lowest BCUT2D eigenvalue weighted by Gasteiger charge is -2.16.